The van der Waals surface area contributed by atoms with Gasteiger partial charge in [0.05, 0.1) is 17.8 Å². The van der Waals surface area contributed by atoms with Gasteiger partial charge in [-0.2, -0.15) is 0 Å². The molecule has 1 aliphatic rings. The Kier molecular flexibility index (Phi) is 7.22. The van der Waals surface area contributed by atoms with Crippen LogP contribution in [0.2, 0.25) is 0 Å². The molecule has 3 heterocycles. The van der Waals surface area contributed by atoms with Gasteiger partial charge in [0.15, 0.2) is 33.0 Å². The highest BCUT2D eigenvalue weighted by Gasteiger charge is 2.44. The Morgan fingerprint density at radius 3 is 2.69 bits per heavy atom. The summed E-state index contributed by atoms with van der Waals surface area (Å²) in [7, 11) is -7.74. The number of aromatic nitrogens is 4. The first-order chi connectivity index (χ1) is 16.4. The quantitative estimate of drug-likeness (QED) is 0.224. The molecule has 0 radical (unpaired) electrons. The number of nitrogens with one attached hydrogen (secondary N) is 1. The molecular formula is C19H24N5O9PS. The second kappa shape index (κ2) is 9.87. The molecule has 0 spiro atoms. The van der Waals surface area contributed by atoms with E-state index in [1.807, 2.05) is 0 Å². The van der Waals surface area contributed by atoms with Gasteiger partial charge in [0.1, 0.15) is 31.0 Å². The summed E-state index contributed by atoms with van der Waals surface area (Å²) < 4.78 is 46.5. The first kappa shape index (κ1) is 25.6. The third kappa shape index (κ3) is 5.85. The van der Waals surface area contributed by atoms with Gasteiger partial charge in [-0.05, 0) is 17.7 Å². The number of rotatable bonds is 9. The van der Waals surface area contributed by atoms with Gasteiger partial charge < -0.3 is 34.8 Å². The molecule has 1 aromatic carbocycles. The Bertz CT molecular complexity index is 1360. The third-order valence-electron chi connectivity index (χ3n) is 5.30. The van der Waals surface area contributed by atoms with Crippen LogP contribution in [0.3, 0.4) is 0 Å². The van der Waals surface area contributed by atoms with Crippen LogP contribution in [0.1, 0.15) is 11.8 Å². The summed E-state index contributed by atoms with van der Waals surface area (Å²) in [6, 6.07) is 6.46. The maximum absolute atomic E-state index is 11.8. The highest BCUT2D eigenvalue weighted by molar-refractivity contribution is 7.90. The lowest BCUT2D eigenvalue weighted by molar-refractivity contribution is -0.0612. The minimum Gasteiger partial charge on any atom is -0.387 e. The number of hydrogen-bond donors (Lipinski definition) is 5. The number of sulfone groups is 1. The monoisotopic (exact) mass is 529 g/mol. The molecule has 1 saturated heterocycles. The van der Waals surface area contributed by atoms with Crippen LogP contribution in [0.15, 0.2) is 41.8 Å². The van der Waals surface area contributed by atoms with Gasteiger partial charge in [0.25, 0.3) is 0 Å². The van der Waals surface area contributed by atoms with Crippen LogP contribution in [0.25, 0.3) is 11.2 Å². The number of aliphatic hydroxyl groups is 2. The summed E-state index contributed by atoms with van der Waals surface area (Å²) in [4.78, 5) is 30.6. The van der Waals surface area contributed by atoms with Crippen molar-refractivity contribution in [1.82, 2.24) is 19.5 Å². The molecule has 0 saturated carbocycles. The molecule has 0 bridgehead atoms. The minimum absolute atomic E-state index is 0.194. The fraction of sp³-hybridized carbons (Fsp3) is 0.421. The van der Waals surface area contributed by atoms with Crippen LogP contribution in [0.4, 0.5) is 5.82 Å². The van der Waals surface area contributed by atoms with E-state index in [1.165, 1.54) is 23.3 Å². The van der Waals surface area contributed by atoms with Crippen LogP contribution in [0, 0.1) is 0 Å². The molecular weight excluding hydrogens is 505 g/mol. The molecule has 4 atom stereocenters. The number of fused-ring (bicyclic) bond motifs is 1. The fourth-order valence-electron chi connectivity index (χ4n) is 3.62. The Morgan fingerprint density at radius 1 is 1.20 bits per heavy atom. The smallest absolute Gasteiger partial charge is 0.350 e. The molecule has 16 heteroatoms. The van der Waals surface area contributed by atoms with Crippen molar-refractivity contribution >= 4 is 34.4 Å². The van der Waals surface area contributed by atoms with E-state index in [2.05, 4.69) is 20.3 Å². The second-order valence-electron chi connectivity index (χ2n) is 8.03. The molecule has 0 amide bonds. The topological polar surface area (TPSA) is 206 Å². The zero-order valence-corrected chi connectivity index (χ0v) is 20.1. The summed E-state index contributed by atoms with van der Waals surface area (Å²) >= 11 is 0. The Labute approximate surface area is 199 Å². The summed E-state index contributed by atoms with van der Waals surface area (Å²) in [5.74, 6) is 0.355. The molecule has 0 unspecified atom stereocenters. The normalized spacial score (nSPS) is 23.1. The molecule has 1 fully saturated rings. The van der Waals surface area contributed by atoms with Gasteiger partial charge in [-0.15, -0.1) is 0 Å². The third-order valence-corrected chi connectivity index (χ3v) is 6.93. The van der Waals surface area contributed by atoms with Crippen LogP contribution >= 0.6 is 7.60 Å². The summed E-state index contributed by atoms with van der Waals surface area (Å²) in [6.45, 7) is -0.0939. The van der Waals surface area contributed by atoms with Crippen LogP contribution < -0.4 is 5.32 Å². The van der Waals surface area contributed by atoms with E-state index in [0.717, 1.165) is 6.26 Å². The van der Waals surface area contributed by atoms with Crippen LogP contribution in [-0.4, -0.2) is 85.5 Å². The zero-order valence-electron chi connectivity index (χ0n) is 18.4. The first-order valence-electron chi connectivity index (χ1n) is 10.3. The minimum atomic E-state index is -4.39. The summed E-state index contributed by atoms with van der Waals surface area (Å²) in [5.41, 5.74) is 1.34. The van der Waals surface area contributed by atoms with Crippen molar-refractivity contribution in [2.75, 3.05) is 24.5 Å². The van der Waals surface area contributed by atoms with Crippen molar-refractivity contribution in [3.63, 3.8) is 0 Å². The van der Waals surface area contributed by atoms with Crippen LogP contribution in [0.5, 0.6) is 0 Å². The van der Waals surface area contributed by atoms with Crippen molar-refractivity contribution in [3.05, 3.63) is 42.5 Å². The number of anilines is 1. The number of benzene rings is 1. The number of hydrogen-bond acceptors (Lipinski definition) is 11. The molecule has 0 aliphatic carbocycles. The maximum Gasteiger partial charge on any atom is 0.350 e. The molecule has 190 valence electrons. The largest absolute Gasteiger partial charge is 0.387 e. The van der Waals surface area contributed by atoms with Gasteiger partial charge in [-0.25, -0.2) is 23.4 Å². The summed E-state index contributed by atoms with van der Waals surface area (Å²) in [5, 5.41) is 23.9. The van der Waals surface area contributed by atoms with Gasteiger partial charge in [-0.3, -0.25) is 9.13 Å². The molecule has 35 heavy (non-hydrogen) atoms. The van der Waals surface area contributed by atoms with E-state index < -0.39 is 48.3 Å². The molecule has 2 aromatic heterocycles. The second-order valence-corrected chi connectivity index (χ2v) is 11.6. The Balaban J connectivity index is 1.50. The average Bonchev–Trinajstić information content (AvgIpc) is 3.33. The number of ether oxygens (including phenoxy) is 2. The van der Waals surface area contributed by atoms with Gasteiger partial charge in [-0.1, -0.05) is 12.1 Å². The van der Waals surface area contributed by atoms with E-state index in [1.54, 1.807) is 18.2 Å². The Morgan fingerprint density at radius 2 is 1.97 bits per heavy atom. The number of nitrogens with zero attached hydrogens (tertiary/aromatic N) is 4. The fourth-order valence-corrected chi connectivity index (χ4v) is 4.66. The van der Waals surface area contributed by atoms with E-state index >= 15 is 0 Å². The van der Waals surface area contributed by atoms with E-state index in [-0.39, 0.29) is 18.0 Å². The van der Waals surface area contributed by atoms with Gasteiger partial charge in [0.2, 0.25) is 0 Å². The van der Waals surface area contributed by atoms with Crippen molar-refractivity contribution in [2.45, 2.75) is 36.0 Å². The molecule has 3 aromatic rings. The Hall–Kier alpha value is -2.49. The van der Waals surface area contributed by atoms with E-state index in [4.69, 9.17) is 19.3 Å². The van der Waals surface area contributed by atoms with Crippen molar-refractivity contribution in [2.24, 2.45) is 0 Å². The van der Waals surface area contributed by atoms with E-state index in [9.17, 15) is 23.2 Å². The SMILES string of the molecule is CS(=O)(=O)c1cccc(CNc2ncnc3c2ncn3[C@@H]2O[C@H](COCP(=O)(O)O)[C@@H](O)[C@H]2O)c1. The highest BCUT2D eigenvalue weighted by atomic mass is 32.2. The van der Waals surface area contributed by atoms with Gasteiger partial charge in [0, 0.05) is 12.8 Å². The lowest BCUT2D eigenvalue weighted by Gasteiger charge is -2.16. The maximum atomic E-state index is 11.8. The molecule has 14 nitrogen and oxygen atoms in total. The zero-order chi connectivity index (χ0) is 25.4. The predicted octanol–water partition coefficient (Wildman–Crippen LogP) is -0.387. The number of aliphatic hydroxyl groups excluding tert-OH is 2. The van der Waals surface area contributed by atoms with Crippen molar-refractivity contribution < 1.29 is 42.5 Å². The lowest BCUT2D eigenvalue weighted by Crippen LogP contribution is -2.33. The first-order valence-corrected chi connectivity index (χ1v) is 14.0. The summed E-state index contributed by atoms with van der Waals surface area (Å²) in [6.07, 6.45) is -1.98. The van der Waals surface area contributed by atoms with Gasteiger partial charge >= 0.3 is 7.60 Å². The molecule has 5 N–H and O–H groups in total. The average molecular weight is 529 g/mol. The van der Waals surface area contributed by atoms with Crippen molar-refractivity contribution in [3.8, 4) is 0 Å². The van der Waals surface area contributed by atoms with E-state index in [0.29, 0.717) is 22.5 Å². The predicted molar refractivity (Wildman–Crippen MR) is 121 cm³/mol. The molecule has 1 aliphatic heterocycles. The molecule has 4 rings (SSSR count). The van der Waals surface area contributed by atoms with Crippen LogP contribution in [-0.2, 0) is 30.4 Å². The number of imidazole rings is 1. The highest BCUT2D eigenvalue weighted by Crippen LogP contribution is 2.36. The lowest BCUT2D eigenvalue weighted by atomic mass is 10.1. The standard InChI is InChI=1S/C19H24N5O9PS/c1-35(30,31)12-4-2-3-11(5-12)6-20-17-14-18(22-8-21-17)24(9-23-14)19-16(26)15(25)13(33-19)7-32-10-34(27,28)29/h2-5,8-9,13,15-16,19,25-26H,6-7,10H2,1H3,(H,20,21,22)(H2,27,28,29)/t13-,15-,16-,19-/m1/s1. The van der Waals surface area contributed by atoms with Crippen molar-refractivity contribution in [1.29, 1.82) is 0 Å².